The molecule has 5 heterocycles. The number of H-pyrrole nitrogens is 1. The predicted octanol–water partition coefficient (Wildman–Crippen LogP) is 5.83. The van der Waals surface area contributed by atoms with Gasteiger partial charge in [0.2, 0.25) is 5.95 Å². The lowest BCUT2D eigenvalue weighted by atomic mass is 9.79. The highest BCUT2D eigenvalue weighted by Gasteiger charge is 2.46. The summed E-state index contributed by atoms with van der Waals surface area (Å²) in [5.74, 6) is 0.753. The quantitative estimate of drug-likeness (QED) is 0.338. The van der Waals surface area contributed by atoms with Crippen LogP contribution >= 0.6 is 23.2 Å². The van der Waals surface area contributed by atoms with E-state index in [0.29, 0.717) is 16.7 Å². The van der Waals surface area contributed by atoms with E-state index in [0.717, 1.165) is 60.7 Å². The average molecular weight is 514 g/mol. The molecule has 0 amide bonds. The van der Waals surface area contributed by atoms with Crippen molar-refractivity contribution in [3.63, 3.8) is 0 Å². The molecule has 1 N–H and O–H groups in total. The molecule has 35 heavy (non-hydrogen) atoms. The van der Waals surface area contributed by atoms with E-state index in [2.05, 4.69) is 25.1 Å². The normalized spacial score (nSPS) is 17.7. The van der Waals surface area contributed by atoms with Crippen molar-refractivity contribution in [2.24, 2.45) is 5.41 Å². The summed E-state index contributed by atoms with van der Waals surface area (Å²) in [5, 5.41) is 8.54. The third kappa shape index (κ3) is 3.99. The van der Waals surface area contributed by atoms with Crippen LogP contribution in [0.2, 0.25) is 10.0 Å². The highest BCUT2D eigenvalue weighted by Crippen LogP contribution is 2.41. The average Bonchev–Trinajstić information content (AvgIpc) is 3.49. The maximum atomic E-state index is 13.9. The summed E-state index contributed by atoms with van der Waals surface area (Å²) in [5.41, 5.74) is 3.19. The van der Waals surface area contributed by atoms with Gasteiger partial charge in [0.1, 0.15) is 28.4 Å². The van der Waals surface area contributed by atoms with E-state index < -0.39 is 12.1 Å². The van der Waals surface area contributed by atoms with Crippen molar-refractivity contribution in [2.75, 3.05) is 31.2 Å². The lowest BCUT2D eigenvalue weighted by Gasteiger charge is -2.47. The van der Waals surface area contributed by atoms with Crippen molar-refractivity contribution in [1.29, 1.82) is 0 Å². The second-order valence-electron chi connectivity index (χ2n) is 9.23. The summed E-state index contributed by atoms with van der Waals surface area (Å²) in [7, 11) is 0. The largest absolute Gasteiger partial charge is 0.486 e. The summed E-state index contributed by atoms with van der Waals surface area (Å²) in [6, 6.07) is 9.65. The third-order valence-corrected chi connectivity index (χ3v) is 7.46. The van der Waals surface area contributed by atoms with Gasteiger partial charge >= 0.3 is 0 Å². The van der Waals surface area contributed by atoms with Gasteiger partial charge in [-0.25, -0.2) is 9.97 Å². The summed E-state index contributed by atoms with van der Waals surface area (Å²) in [4.78, 5) is 10.5. The lowest BCUT2D eigenvalue weighted by molar-refractivity contribution is 0.131. The number of benzene rings is 1. The van der Waals surface area contributed by atoms with Crippen LogP contribution < -0.4 is 9.64 Å². The minimum absolute atomic E-state index is 0.144. The van der Waals surface area contributed by atoms with Gasteiger partial charge in [0, 0.05) is 54.0 Å². The molecule has 7 nitrogen and oxygen atoms in total. The van der Waals surface area contributed by atoms with E-state index in [1.165, 1.54) is 6.20 Å². The van der Waals surface area contributed by atoms with Crippen LogP contribution in [0, 0.1) is 11.4 Å². The zero-order valence-corrected chi connectivity index (χ0v) is 20.4. The molecule has 0 saturated carbocycles. The molecule has 1 atom stereocenters. The summed E-state index contributed by atoms with van der Waals surface area (Å²) in [6.07, 6.45) is 3.61. The second-order valence-corrected chi connectivity index (χ2v) is 10.0. The number of anilines is 1. The van der Waals surface area contributed by atoms with Gasteiger partial charge in [-0.3, -0.25) is 5.10 Å². The zero-order chi connectivity index (χ0) is 24.2. The van der Waals surface area contributed by atoms with E-state index >= 15 is 0 Å². The number of aromatic nitrogens is 4. The Hall–Kier alpha value is -2.94. The molecule has 2 aliphatic heterocycles. The number of hydrogen-bond donors (Lipinski definition) is 1. The smallest absolute Gasteiger partial charge is 0.232 e. The molecular weight excluding hydrogens is 492 g/mol. The molecule has 2 saturated heterocycles. The van der Waals surface area contributed by atoms with E-state index in [4.69, 9.17) is 32.7 Å². The minimum atomic E-state index is -0.782. The lowest BCUT2D eigenvalue weighted by Crippen LogP contribution is -2.57. The van der Waals surface area contributed by atoms with E-state index in [1.807, 2.05) is 36.5 Å². The van der Waals surface area contributed by atoms with Crippen LogP contribution in [0.4, 0.5) is 10.2 Å². The maximum absolute atomic E-state index is 13.9. The van der Waals surface area contributed by atoms with Crippen LogP contribution in [0.3, 0.4) is 0 Å². The van der Waals surface area contributed by atoms with E-state index in [1.54, 1.807) is 6.92 Å². The molecular formula is C25H22Cl2FN5O2. The molecule has 1 spiro atoms. The fourth-order valence-electron chi connectivity index (χ4n) is 4.92. The molecule has 6 rings (SSSR count). The fourth-order valence-corrected chi connectivity index (χ4v) is 5.56. The van der Waals surface area contributed by atoms with Crippen LogP contribution in [0.1, 0.15) is 25.0 Å². The first-order valence-electron chi connectivity index (χ1n) is 11.4. The Balaban J connectivity index is 1.23. The first-order valence-corrected chi connectivity index (χ1v) is 12.1. The first-order chi connectivity index (χ1) is 16.9. The Morgan fingerprint density at radius 3 is 2.77 bits per heavy atom. The van der Waals surface area contributed by atoms with Gasteiger partial charge in [-0.2, -0.15) is 9.49 Å². The molecule has 2 aliphatic rings. The first kappa shape index (κ1) is 22.5. The van der Waals surface area contributed by atoms with Crippen LogP contribution in [0.5, 0.6) is 5.75 Å². The van der Waals surface area contributed by atoms with Gasteiger partial charge in [-0.05, 0) is 43.7 Å². The minimum Gasteiger partial charge on any atom is -0.486 e. The van der Waals surface area contributed by atoms with Gasteiger partial charge in [-0.1, -0.05) is 23.2 Å². The number of pyridine rings is 2. The SMILES string of the molecule is CC(Oc1ccc2[nH]nc(-c3ccc(N4CC5(CCOC5)C4)nc3)c2c1)c1c(Cl)cnc(F)c1Cl. The second kappa shape index (κ2) is 8.62. The Bertz CT molecular complexity index is 1400. The number of nitrogens with zero attached hydrogens (tertiary/aromatic N) is 4. The molecule has 3 aromatic heterocycles. The van der Waals surface area contributed by atoms with E-state index in [-0.39, 0.29) is 10.0 Å². The van der Waals surface area contributed by atoms with Crippen LogP contribution in [0.25, 0.3) is 22.2 Å². The standard InChI is InChI=1S/C25H22Cl2FN5O2/c1-14(21-18(26)10-30-24(28)22(21)27)35-16-3-4-19-17(8-16)23(32-31-19)15-2-5-20(29-9-15)33-11-25(12-33)6-7-34-13-25/h2-5,8-10,14H,6-7,11-13H2,1H3,(H,31,32). The summed E-state index contributed by atoms with van der Waals surface area (Å²) >= 11 is 12.3. The fraction of sp³-hybridized carbons (Fsp3) is 0.320. The summed E-state index contributed by atoms with van der Waals surface area (Å²) in [6.45, 7) is 5.43. The van der Waals surface area contributed by atoms with Crippen molar-refractivity contribution in [3.05, 3.63) is 64.3 Å². The Labute approximate surface area is 211 Å². The van der Waals surface area contributed by atoms with Gasteiger partial charge in [-0.15, -0.1) is 0 Å². The van der Waals surface area contributed by atoms with Gasteiger partial charge in [0.05, 0.1) is 17.1 Å². The van der Waals surface area contributed by atoms with Crippen molar-refractivity contribution in [2.45, 2.75) is 19.4 Å². The van der Waals surface area contributed by atoms with Crippen LogP contribution in [0.15, 0.2) is 42.7 Å². The molecule has 0 bridgehead atoms. The molecule has 10 heteroatoms. The van der Waals surface area contributed by atoms with Gasteiger partial charge < -0.3 is 14.4 Å². The molecule has 180 valence electrons. The predicted molar refractivity (Wildman–Crippen MR) is 133 cm³/mol. The number of ether oxygens (including phenoxy) is 2. The maximum Gasteiger partial charge on any atom is 0.232 e. The van der Waals surface area contributed by atoms with Crippen molar-refractivity contribution in [1.82, 2.24) is 20.2 Å². The molecule has 0 aliphatic carbocycles. The molecule has 4 aromatic rings. The monoisotopic (exact) mass is 513 g/mol. The summed E-state index contributed by atoms with van der Waals surface area (Å²) < 4.78 is 25.5. The topological polar surface area (TPSA) is 76.2 Å². The molecule has 0 radical (unpaired) electrons. The molecule has 1 aromatic carbocycles. The van der Waals surface area contributed by atoms with Crippen LogP contribution in [-0.4, -0.2) is 46.5 Å². The van der Waals surface area contributed by atoms with Crippen molar-refractivity contribution in [3.8, 4) is 17.0 Å². The number of rotatable bonds is 5. The molecule has 2 fully saturated rings. The highest BCUT2D eigenvalue weighted by atomic mass is 35.5. The number of nitrogens with one attached hydrogen (secondary N) is 1. The Morgan fingerprint density at radius 1 is 1.17 bits per heavy atom. The molecule has 1 unspecified atom stereocenters. The van der Waals surface area contributed by atoms with Crippen molar-refractivity contribution >= 4 is 39.9 Å². The number of halogens is 3. The van der Waals surface area contributed by atoms with Crippen molar-refractivity contribution < 1.29 is 13.9 Å². The van der Waals surface area contributed by atoms with Gasteiger partial charge in [0.25, 0.3) is 0 Å². The third-order valence-electron chi connectivity index (χ3n) is 6.80. The van der Waals surface area contributed by atoms with E-state index in [9.17, 15) is 4.39 Å². The Kier molecular flexibility index (Phi) is 5.55. The van der Waals surface area contributed by atoms with Gasteiger partial charge in [0.15, 0.2) is 0 Å². The Morgan fingerprint density at radius 2 is 2.03 bits per heavy atom. The van der Waals surface area contributed by atoms with Crippen LogP contribution in [-0.2, 0) is 4.74 Å². The zero-order valence-electron chi connectivity index (χ0n) is 18.9. The number of hydrogen-bond acceptors (Lipinski definition) is 6. The highest BCUT2D eigenvalue weighted by molar-refractivity contribution is 6.35. The number of fused-ring (bicyclic) bond motifs is 1. The number of aromatic amines is 1.